The number of anilines is 1. The molecule has 0 bridgehead atoms. The monoisotopic (exact) mass is 250 g/mol. The minimum absolute atomic E-state index is 0.196. The summed E-state index contributed by atoms with van der Waals surface area (Å²) in [4.78, 5) is 3.90. The van der Waals surface area contributed by atoms with Crippen molar-refractivity contribution in [2.45, 2.75) is 30.7 Å². The van der Waals surface area contributed by atoms with E-state index in [1.54, 1.807) is 0 Å². The van der Waals surface area contributed by atoms with Crippen molar-refractivity contribution >= 4 is 17.4 Å². The Morgan fingerprint density at radius 2 is 2.06 bits per heavy atom. The van der Waals surface area contributed by atoms with E-state index < -0.39 is 0 Å². The van der Waals surface area contributed by atoms with Crippen molar-refractivity contribution in [2.24, 2.45) is 0 Å². The third-order valence-corrected chi connectivity index (χ3v) is 4.01. The van der Waals surface area contributed by atoms with Crippen LogP contribution in [0.5, 0.6) is 0 Å². The molecule has 2 rings (SSSR count). The van der Waals surface area contributed by atoms with Gasteiger partial charge in [0.2, 0.25) is 0 Å². The van der Waals surface area contributed by atoms with Gasteiger partial charge in [-0.2, -0.15) is 0 Å². The van der Waals surface area contributed by atoms with Gasteiger partial charge >= 0.3 is 0 Å². The molecule has 0 saturated carbocycles. The molecule has 0 aliphatic carbocycles. The number of hydrogen-bond donors (Lipinski definition) is 1. The zero-order chi connectivity index (χ0) is 12.3. The highest BCUT2D eigenvalue weighted by molar-refractivity contribution is 7.98. The van der Waals surface area contributed by atoms with Crippen molar-refractivity contribution in [1.82, 2.24) is 5.32 Å². The van der Waals surface area contributed by atoms with Gasteiger partial charge in [-0.1, -0.05) is 12.1 Å². The SMILES string of the molecule is CSc1ccccc1N1CCCNC(C)(C)C1. The molecule has 0 amide bonds. The van der Waals surface area contributed by atoms with Gasteiger partial charge in [0.1, 0.15) is 0 Å². The Morgan fingerprint density at radius 3 is 2.82 bits per heavy atom. The largest absolute Gasteiger partial charge is 0.369 e. The van der Waals surface area contributed by atoms with E-state index >= 15 is 0 Å². The van der Waals surface area contributed by atoms with Gasteiger partial charge in [0.05, 0.1) is 5.69 Å². The molecule has 1 aromatic rings. The van der Waals surface area contributed by atoms with Crippen LogP contribution in [0.15, 0.2) is 29.2 Å². The van der Waals surface area contributed by atoms with E-state index in [1.807, 2.05) is 11.8 Å². The molecule has 1 aromatic carbocycles. The summed E-state index contributed by atoms with van der Waals surface area (Å²) in [6.07, 6.45) is 3.37. The Bertz CT molecular complexity index is 376. The second-order valence-corrected chi connectivity index (χ2v) is 6.11. The van der Waals surface area contributed by atoms with Crippen LogP contribution >= 0.6 is 11.8 Å². The molecule has 17 heavy (non-hydrogen) atoms. The highest BCUT2D eigenvalue weighted by Gasteiger charge is 2.24. The summed E-state index contributed by atoms with van der Waals surface area (Å²) >= 11 is 1.83. The predicted octanol–water partition coefficient (Wildman–Crippen LogP) is 2.99. The highest BCUT2D eigenvalue weighted by Crippen LogP contribution is 2.30. The summed E-state index contributed by atoms with van der Waals surface area (Å²) in [6, 6.07) is 8.72. The first-order chi connectivity index (χ1) is 8.12. The van der Waals surface area contributed by atoms with Crippen LogP contribution in [0.25, 0.3) is 0 Å². The Labute approximate surface area is 109 Å². The van der Waals surface area contributed by atoms with Crippen molar-refractivity contribution in [1.29, 1.82) is 0 Å². The normalized spacial score (nSPS) is 20.1. The number of rotatable bonds is 2. The second-order valence-electron chi connectivity index (χ2n) is 5.26. The molecular formula is C14H22N2S. The lowest BCUT2D eigenvalue weighted by atomic mass is 10.1. The third kappa shape index (κ3) is 3.17. The minimum atomic E-state index is 0.196. The van der Waals surface area contributed by atoms with Crippen molar-refractivity contribution in [2.75, 3.05) is 30.8 Å². The van der Waals surface area contributed by atoms with Crippen LogP contribution in [0.2, 0.25) is 0 Å². The van der Waals surface area contributed by atoms with Gasteiger partial charge in [0, 0.05) is 23.5 Å². The summed E-state index contributed by atoms with van der Waals surface area (Å²) < 4.78 is 0. The fourth-order valence-corrected chi connectivity index (χ4v) is 3.03. The predicted molar refractivity (Wildman–Crippen MR) is 77.1 cm³/mol. The van der Waals surface area contributed by atoms with Crippen LogP contribution in [-0.2, 0) is 0 Å². The maximum atomic E-state index is 3.61. The Morgan fingerprint density at radius 1 is 1.29 bits per heavy atom. The van der Waals surface area contributed by atoms with Crippen LogP contribution < -0.4 is 10.2 Å². The first kappa shape index (κ1) is 12.8. The van der Waals surface area contributed by atoms with E-state index in [0.29, 0.717) is 0 Å². The smallest absolute Gasteiger partial charge is 0.0504 e. The lowest BCUT2D eigenvalue weighted by Gasteiger charge is -2.32. The summed E-state index contributed by atoms with van der Waals surface area (Å²) in [6.45, 7) is 7.91. The fourth-order valence-electron chi connectivity index (χ4n) is 2.41. The van der Waals surface area contributed by atoms with Crippen LogP contribution in [0.3, 0.4) is 0 Å². The van der Waals surface area contributed by atoms with E-state index in [1.165, 1.54) is 17.0 Å². The van der Waals surface area contributed by atoms with Gasteiger partial charge in [-0.25, -0.2) is 0 Å². The molecule has 0 radical (unpaired) electrons. The Kier molecular flexibility index (Phi) is 4.00. The second kappa shape index (κ2) is 5.32. The molecule has 2 nitrogen and oxygen atoms in total. The molecule has 1 N–H and O–H groups in total. The van der Waals surface area contributed by atoms with Crippen molar-refractivity contribution in [3.8, 4) is 0 Å². The van der Waals surface area contributed by atoms with Gasteiger partial charge in [-0.15, -0.1) is 11.8 Å². The number of thioether (sulfide) groups is 1. The van der Waals surface area contributed by atoms with Gasteiger partial charge in [0.25, 0.3) is 0 Å². The van der Waals surface area contributed by atoms with E-state index in [-0.39, 0.29) is 5.54 Å². The molecule has 1 aliphatic heterocycles. The standard InChI is InChI=1S/C14H22N2S/c1-14(2)11-16(10-6-9-15-14)12-7-4-5-8-13(12)17-3/h4-5,7-8,15H,6,9-11H2,1-3H3. The van der Waals surface area contributed by atoms with Crippen molar-refractivity contribution in [3.63, 3.8) is 0 Å². The molecule has 94 valence electrons. The van der Waals surface area contributed by atoms with Gasteiger partial charge < -0.3 is 10.2 Å². The summed E-state index contributed by atoms with van der Waals surface area (Å²) in [5, 5.41) is 3.61. The average Bonchev–Trinajstić information content (AvgIpc) is 2.50. The Balaban J connectivity index is 2.25. The quantitative estimate of drug-likeness (QED) is 0.812. The molecule has 1 heterocycles. The molecule has 0 spiro atoms. The van der Waals surface area contributed by atoms with Gasteiger partial charge in [-0.05, 0) is 45.2 Å². The van der Waals surface area contributed by atoms with Crippen LogP contribution in [0.1, 0.15) is 20.3 Å². The lowest BCUT2D eigenvalue weighted by molar-refractivity contribution is 0.416. The third-order valence-electron chi connectivity index (χ3n) is 3.22. The maximum absolute atomic E-state index is 3.61. The van der Waals surface area contributed by atoms with E-state index in [4.69, 9.17) is 0 Å². The fraction of sp³-hybridized carbons (Fsp3) is 0.571. The zero-order valence-electron chi connectivity index (χ0n) is 11.0. The van der Waals surface area contributed by atoms with Crippen molar-refractivity contribution in [3.05, 3.63) is 24.3 Å². The number of nitrogens with zero attached hydrogens (tertiary/aromatic N) is 1. The van der Waals surface area contributed by atoms with E-state index in [0.717, 1.165) is 19.6 Å². The van der Waals surface area contributed by atoms with Crippen LogP contribution in [0, 0.1) is 0 Å². The van der Waals surface area contributed by atoms with E-state index in [2.05, 4.69) is 54.6 Å². The summed E-state index contributed by atoms with van der Waals surface area (Å²) in [5.41, 5.74) is 1.58. The molecule has 3 heteroatoms. The lowest BCUT2D eigenvalue weighted by Crippen LogP contribution is -2.46. The molecule has 1 fully saturated rings. The van der Waals surface area contributed by atoms with Crippen LogP contribution in [-0.4, -0.2) is 31.4 Å². The number of para-hydroxylation sites is 1. The van der Waals surface area contributed by atoms with Gasteiger partial charge in [0.15, 0.2) is 0 Å². The minimum Gasteiger partial charge on any atom is -0.369 e. The molecular weight excluding hydrogens is 228 g/mol. The van der Waals surface area contributed by atoms with E-state index in [9.17, 15) is 0 Å². The van der Waals surface area contributed by atoms with Gasteiger partial charge in [-0.3, -0.25) is 0 Å². The number of hydrogen-bond acceptors (Lipinski definition) is 3. The Hall–Kier alpha value is -0.670. The first-order valence-corrected chi connectivity index (χ1v) is 7.48. The first-order valence-electron chi connectivity index (χ1n) is 6.25. The average molecular weight is 250 g/mol. The molecule has 0 atom stereocenters. The summed E-state index contributed by atoms with van der Waals surface area (Å²) in [5.74, 6) is 0. The highest BCUT2D eigenvalue weighted by atomic mass is 32.2. The number of nitrogens with one attached hydrogen (secondary N) is 1. The molecule has 1 aliphatic rings. The molecule has 1 saturated heterocycles. The molecule has 0 aromatic heterocycles. The van der Waals surface area contributed by atoms with Crippen LogP contribution in [0.4, 0.5) is 5.69 Å². The zero-order valence-corrected chi connectivity index (χ0v) is 11.8. The summed E-state index contributed by atoms with van der Waals surface area (Å²) in [7, 11) is 0. The number of benzene rings is 1. The maximum Gasteiger partial charge on any atom is 0.0504 e. The van der Waals surface area contributed by atoms with Crippen molar-refractivity contribution < 1.29 is 0 Å². The topological polar surface area (TPSA) is 15.3 Å². The molecule has 0 unspecified atom stereocenters.